The van der Waals surface area contributed by atoms with E-state index < -0.39 is 11.8 Å². The first-order chi connectivity index (χ1) is 9.62. The van der Waals surface area contributed by atoms with Crippen molar-refractivity contribution in [3.8, 4) is 0 Å². The molecule has 6 nitrogen and oxygen atoms in total. The molecule has 0 aromatic rings. The minimum Gasteiger partial charge on any atom is -0.391 e. The number of rotatable bonds is 9. The highest BCUT2D eigenvalue weighted by molar-refractivity contribution is 5.82. The van der Waals surface area contributed by atoms with Crippen molar-refractivity contribution in [1.29, 1.82) is 0 Å². The molecule has 0 amide bonds. The van der Waals surface area contributed by atoms with E-state index in [0.29, 0.717) is 12.5 Å². The van der Waals surface area contributed by atoms with E-state index in [1.54, 1.807) is 6.92 Å². The number of unbranched alkanes of at least 4 members (excludes halogenated alkanes) is 1. The van der Waals surface area contributed by atoms with Gasteiger partial charge in [-0.1, -0.05) is 12.8 Å². The number of piperidine rings is 1. The molecule has 20 heavy (non-hydrogen) atoms. The van der Waals surface area contributed by atoms with Gasteiger partial charge in [-0.15, -0.1) is 0 Å². The van der Waals surface area contributed by atoms with Crippen LogP contribution in [0, 0.1) is 0 Å². The molecule has 1 aliphatic rings. The zero-order valence-corrected chi connectivity index (χ0v) is 12.1. The third kappa shape index (κ3) is 5.56. The average molecular weight is 287 g/mol. The Morgan fingerprint density at radius 1 is 1.45 bits per heavy atom. The SMILES string of the molecule is CCO[C@@](O)(CCCCC1CCCCN1)C(=O)OC=O. The Morgan fingerprint density at radius 2 is 2.25 bits per heavy atom. The van der Waals surface area contributed by atoms with E-state index in [-0.39, 0.29) is 19.5 Å². The number of ether oxygens (including phenoxy) is 2. The molecule has 1 fully saturated rings. The monoisotopic (exact) mass is 287 g/mol. The van der Waals surface area contributed by atoms with Gasteiger partial charge in [0.25, 0.3) is 5.79 Å². The Kier molecular flexibility index (Phi) is 7.72. The van der Waals surface area contributed by atoms with Gasteiger partial charge in [0.05, 0.1) is 0 Å². The van der Waals surface area contributed by atoms with Gasteiger partial charge in [0.2, 0.25) is 0 Å². The molecule has 0 bridgehead atoms. The third-order valence-electron chi connectivity index (χ3n) is 3.59. The molecule has 0 aromatic carbocycles. The maximum absolute atomic E-state index is 11.5. The van der Waals surface area contributed by atoms with E-state index in [1.165, 1.54) is 19.3 Å². The lowest BCUT2D eigenvalue weighted by atomic mass is 9.98. The van der Waals surface area contributed by atoms with Crippen LogP contribution in [0.3, 0.4) is 0 Å². The number of carbonyl (C=O) groups excluding carboxylic acids is 2. The molecule has 1 unspecified atom stereocenters. The van der Waals surface area contributed by atoms with Crippen LogP contribution in [0.4, 0.5) is 0 Å². The van der Waals surface area contributed by atoms with E-state index in [0.717, 1.165) is 19.4 Å². The standard InChI is InChI=1S/C14H25NO5/c1-2-20-14(18,13(17)19-11-16)9-5-3-7-12-8-4-6-10-15-12/h11-12,15,18H,2-10H2,1H3/t12?,14-/m0/s1. The fourth-order valence-electron chi connectivity index (χ4n) is 2.53. The quantitative estimate of drug-likeness (QED) is 0.217. The van der Waals surface area contributed by atoms with E-state index in [4.69, 9.17) is 4.74 Å². The predicted octanol–water partition coefficient (Wildman–Crippen LogP) is 1.11. The lowest BCUT2D eigenvalue weighted by Crippen LogP contribution is -2.43. The molecule has 1 heterocycles. The Morgan fingerprint density at radius 3 is 2.85 bits per heavy atom. The summed E-state index contributed by atoms with van der Waals surface area (Å²) in [6, 6.07) is 0.533. The smallest absolute Gasteiger partial charge is 0.374 e. The van der Waals surface area contributed by atoms with Crippen LogP contribution in [0.5, 0.6) is 0 Å². The maximum Gasteiger partial charge on any atom is 0.374 e. The fraction of sp³-hybridized carbons (Fsp3) is 0.857. The first-order valence-electron chi connectivity index (χ1n) is 7.37. The van der Waals surface area contributed by atoms with Crippen LogP contribution in [0.15, 0.2) is 0 Å². The molecule has 116 valence electrons. The molecule has 2 atom stereocenters. The molecule has 0 aromatic heterocycles. The number of esters is 1. The summed E-state index contributed by atoms with van der Waals surface area (Å²) in [5, 5.41) is 13.5. The molecule has 1 saturated heterocycles. The zero-order chi connectivity index (χ0) is 14.8. The van der Waals surface area contributed by atoms with E-state index in [1.807, 2.05) is 0 Å². The normalized spacial score (nSPS) is 22.0. The van der Waals surface area contributed by atoms with Gasteiger partial charge in [0, 0.05) is 19.1 Å². The molecule has 1 rings (SSSR count). The van der Waals surface area contributed by atoms with E-state index in [9.17, 15) is 14.7 Å². The molecular weight excluding hydrogens is 262 g/mol. The van der Waals surface area contributed by atoms with Crippen molar-refractivity contribution in [2.45, 2.75) is 63.7 Å². The van der Waals surface area contributed by atoms with Gasteiger partial charge in [-0.3, -0.25) is 4.79 Å². The van der Waals surface area contributed by atoms with E-state index in [2.05, 4.69) is 10.1 Å². The summed E-state index contributed by atoms with van der Waals surface area (Å²) in [5.74, 6) is -3.04. The van der Waals surface area contributed by atoms with Crippen LogP contribution in [0.2, 0.25) is 0 Å². The van der Waals surface area contributed by atoms with Crippen LogP contribution < -0.4 is 5.32 Å². The van der Waals surface area contributed by atoms with Crippen molar-refractivity contribution < 1.29 is 24.2 Å². The molecule has 0 spiro atoms. The highest BCUT2D eigenvalue weighted by atomic mass is 16.7. The van der Waals surface area contributed by atoms with Crippen LogP contribution >= 0.6 is 0 Å². The molecule has 0 radical (unpaired) electrons. The van der Waals surface area contributed by atoms with Crippen molar-refractivity contribution in [3.05, 3.63) is 0 Å². The zero-order valence-electron chi connectivity index (χ0n) is 12.1. The number of carbonyl (C=O) groups is 2. The molecule has 0 saturated carbocycles. The molecular formula is C14H25NO5. The first kappa shape index (κ1) is 17.1. The summed E-state index contributed by atoms with van der Waals surface area (Å²) in [4.78, 5) is 21.7. The van der Waals surface area contributed by atoms with Crippen LogP contribution in [-0.2, 0) is 19.1 Å². The average Bonchev–Trinajstić information content (AvgIpc) is 2.45. The molecule has 2 N–H and O–H groups in total. The summed E-state index contributed by atoms with van der Waals surface area (Å²) in [6.07, 6.45) is 6.36. The van der Waals surface area contributed by atoms with Gasteiger partial charge in [0.1, 0.15) is 0 Å². The minimum absolute atomic E-state index is 0.0122. The second-order valence-corrected chi connectivity index (χ2v) is 5.11. The largest absolute Gasteiger partial charge is 0.391 e. The van der Waals surface area contributed by atoms with Gasteiger partial charge in [-0.25, -0.2) is 4.79 Å². The van der Waals surface area contributed by atoms with Crippen molar-refractivity contribution in [1.82, 2.24) is 5.32 Å². The van der Waals surface area contributed by atoms with Gasteiger partial charge in [0.15, 0.2) is 0 Å². The van der Waals surface area contributed by atoms with Gasteiger partial charge < -0.3 is 19.9 Å². The van der Waals surface area contributed by atoms with Crippen LogP contribution in [0.1, 0.15) is 51.9 Å². The molecule has 0 aliphatic carbocycles. The number of hydrogen-bond donors (Lipinski definition) is 2. The predicted molar refractivity (Wildman–Crippen MR) is 72.8 cm³/mol. The summed E-state index contributed by atoms with van der Waals surface area (Å²) in [7, 11) is 0. The fourth-order valence-corrected chi connectivity index (χ4v) is 2.53. The Hall–Kier alpha value is -0.980. The Labute approximate surface area is 119 Å². The van der Waals surface area contributed by atoms with Gasteiger partial charge in [-0.2, -0.15) is 0 Å². The van der Waals surface area contributed by atoms with Gasteiger partial charge >= 0.3 is 12.4 Å². The minimum atomic E-state index is -2.00. The Balaban J connectivity index is 2.30. The van der Waals surface area contributed by atoms with Crippen molar-refractivity contribution in [2.24, 2.45) is 0 Å². The van der Waals surface area contributed by atoms with Crippen LogP contribution in [-0.4, -0.2) is 42.5 Å². The second kappa shape index (κ2) is 9.05. The lowest BCUT2D eigenvalue weighted by molar-refractivity contribution is -0.227. The number of nitrogens with one attached hydrogen (secondary N) is 1. The van der Waals surface area contributed by atoms with Gasteiger partial charge in [-0.05, 0) is 39.2 Å². The molecule has 6 heteroatoms. The topological polar surface area (TPSA) is 84.9 Å². The summed E-state index contributed by atoms with van der Waals surface area (Å²) in [5.41, 5.74) is 0. The van der Waals surface area contributed by atoms with Crippen molar-refractivity contribution in [2.75, 3.05) is 13.2 Å². The van der Waals surface area contributed by atoms with Crippen molar-refractivity contribution in [3.63, 3.8) is 0 Å². The highest BCUT2D eigenvalue weighted by Crippen LogP contribution is 2.20. The van der Waals surface area contributed by atoms with Crippen molar-refractivity contribution >= 4 is 12.4 Å². The highest BCUT2D eigenvalue weighted by Gasteiger charge is 2.38. The van der Waals surface area contributed by atoms with Crippen LogP contribution in [0.25, 0.3) is 0 Å². The lowest BCUT2D eigenvalue weighted by Gasteiger charge is -2.26. The summed E-state index contributed by atoms with van der Waals surface area (Å²) < 4.78 is 9.24. The Bertz CT molecular complexity index is 304. The summed E-state index contributed by atoms with van der Waals surface area (Å²) in [6.45, 7) is 2.93. The number of hydrogen-bond acceptors (Lipinski definition) is 6. The first-order valence-corrected chi connectivity index (χ1v) is 7.37. The summed E-state index contributed by atoms with van der Waals surface area (Å²) >= 11 is 0. The second-order valence-electron chi connectivity index (χ2n) is 5.11. The van der Waals surface area contributed by atoms with E-state index >= 15 is 0 Å². The third-order valence-corrected chi connectivity index (χ3v) is 3.59. The maximum atomic E-state index is 11.5. The molecule has 1 aliphatic heterocycles. The number of aliphatic hydroxyl groups is 1.